The van der Waals surface area contributed by atoms with Gasteiger partial charge in [-0.05, 0) is 30.3 Å². The van der Waals surface area contributed by atoms with Crippen molar-refractivity contribution in [3.05, 3.63) is 54.0 Å². The topological polar surface area (TPSA) is 45.7 Å². The van der Waals surface area contributed by atoms with Gasteiger partial charge in [0, 0.05) is 44.1 Å². The third-order valence-corrected chi connectivity index (χ3v) is 4.13. The zero-order chi connectivity index (χ0) is 19.4. The van der Waals surface area contributed by atoms with E-state index in [1.807, 2.05) is 0 Å². The van der Waals surface area contributed by atoms with Gasteiger partial charge < -0.3 is 14.5 Å². The minimum atomic E-state index is -4.44. The molecule has 1 aliphatic rings. The molecule has 1 amide bonds. The Morgan fingerprint density at radius 3 is 2.26 bits per heavy atom. The van der Waals surface area contributed by atoms with Crippen LogP contribution in [0.4, 0.5) is 23.2 Å². The molecule has 1 saturated heterocycles. The number of benzene rings is 1. The van der Waals surface area contributed by atoms with Crippen LogP contribution >= 0.6 is 0 Å². The lowest BCUT2D eigenvalue weighted by Gasteiger charge is -2.36. The average molecular weight is 383 g/mol. The first-order chi connectivity index (χ1) is 12.8. The molecular weight excluding hydrogens is 366 g/mol. The summed E-state index contributed by atoms with van der Waals surface area (Å²) in [6, 6.07) is 8.80. The Labute approximate surface area is 153 Å². The van der Waals surface area contributed by atoms with Crippen LogP contribution in [0.1, 0.15) is 10.4 Å². The van der Waals surface area contributed by atoms with Crippen LogP contribution in [0.15, 0.2) is 42.6 Å². The van der Waals surface area contributed by atoms with Gasteiger partial charge in [-0.3, -0.25) is 4.79 Å². The van der Waals surface area contributed by atoms with Crippen molar-refractivity contribution in [3.63, 3.8) is 0 Å². The Balaban J connectivity index is 1.55. The monoisotopic (exact) mass is 383 g/mol. The lowest BCUT2D eigenvalue weighted by atomic mass is 10.2. The van der Waals surface area contributed by atoms with Gasteiger partial charge in [0.1, 0.15) is 5.82 Å². The number of hydrogen-bond donors (Lipinski definition) is 0. The van der Waals surface area contributed by atoms with Crippen LogP contribution in [0.5, 0.6) is 5.88 Å². The van der Waals surface area contributed by atoms with Crippen LogP contribution in [0, 0.1) is 5.82 Å². The Bertz CT molecular complexity index is 771. The van der Waals surface area contributed by atoms with E-state index in [9.17, 15) is 22.4 Å². The summed E-state index contributed by atoms with van der Waals surface area (Å²) in [6.07, 6.45) is -3.24. The van der Waals surface area contributed by atoms with Crippen molar-refractivity contribution in [2.45, 2.75) is 6.18 Å². The van der Waals surface area contributed by atoms with Crippen molar-refractivity contribution in [2.75, 3.05) is 37.7 Å². The van der Waals surface area contributed by atoms with Crippen molar-refractivity contribution in [2.24, 2.45) is 0 Å². The van der Waals surface area contributed by atoms with E-state index in [-0.39, 0.29) is 23.2 Å². The van der Waals surface area contributed by atoms with E-state index in [1.165, 1.54) is 30.5 Å². The Morgan fingerprint density at radius 1 is 1.04 bits per heavy atom. The Morgan fingerprint density at radius 2 is 1.70 bits per heavy atom. The summed E-state index contributed by atoms with van der Waals surface area (Å²) in [7, 11) is 0. The van der Waals surface area contributed by atoms with Crippen LogP contribution in [0.3, 0.4) is 0 Å². The predicted octanol–water partition coefficient (Wildman–Crippen LogP) is 3.12. The maximum atomic E-state index is 13.0. The Kier molecular flexibility index (Phi) is 5.48. The number of alkyl halides is 3. The number of hydrogen-bond acceptors (Lipinski definition) is 4. The molecular formula is C18H17F4N3O2. The van der Waals surface area contributed by atoms with E-state index in [1.54, 1.807) is 17.0 Å². The zero-order valence-corrected chi connectivity index (χ0v) is 14.2. The second-order valence-corrected chi connectivity index (χ2v) is 6.04. The highest BCUT2D eigenvalue weighted by atomic mass is 19.4. The molecule has 144 valence electrons. The summed E-state index contributed by atoms with van der Waals surface area (Å²) in [4.78, 5) is 20.0. The van der Waals surface area contributed by atoms with E-state index in [0.29, 0.717) is 26.2 Å². The van der Waals surface area contributed by atoms with Crippen molar-refractivity contribution in [1.29, 1.82) is 0 Å². The maximum Gasteiger partial charge on any atom is 0.422 e. The SMILES string of the molecule is O=C(c1ccc(OCC(F)(F)F)nc1)N1CCN(c2ccc(F)cc2)CC1. The minimum Gasteiger partial charge on any atom is -0.468 e. The van der Waals surface area contributed by atoms with Gasteiger partial charge >= 0.3 is 6.18 Å². The van der Waals surface area contributed by atoms with Gasteiger partial charge in [-0.1, -0.05) is 0 Å². The number of nitrogens with zero attached hydrogens (tertiary/aromatic N) is 3. The molecule has 1 aliphatic heterocycles. The highest BCUT2D eigenvalue weighted by Crippen LogP contribution is 2.19. The molecule has 3 rings (SSSR count). The van der Waals surface area contributed by atoms with E-state index in [4.69, 9.17) is 0 Å². The Hall–Kier alpha value is -2.84. The average Bonchev–Trinajstić information content (AvgIpc) is 2.66. The molecule has 5 nitrogen and oxygen atoms in total. The third-order valence-electron chi connectivity index (χ3n) is 4.13. The number of amides is 1. The van der Waals surface area contributed by atoms with E-state index in [0.717, 1.165) is 5.69 Å². The van der Waals surface area contributed by atoms with Gasteiger partial charge in [0.15, 0.2) is 6.61 Å². The molecule has 0 N–H and O–H groups in total. The number of halogens is 4. The fourth-order valence-electron chi connectivity index (χ4n) is 2.75. The number of ether oxygens (including phenoxy) is 1. The third kappa shape index (κ3) is 5.08. The second-order valence-electron chi connectivity index (χ2n) is 6.04. The summed E-state index contributed by atoms with van der Waals surface area (Å²) in [5.41, 5.74) is 1.17. The van der Waals surface area contributed by atoms with Crippen molar-refractivity contribution < 1.29 is 27.1 Å². The van der Waals surface area contributed by atoms with Gasteiger partial charge in [-0.25, -0.2) is 9.37 Å². The summed E-state index contributed by atoms with van der Waals surface area (Å²) in [6.45, 7) is 0.707. The van der Waals surface area contributed by atoms with Crippen LogP contribution < -0.4 is 9.64 Å². The number of rotatable bonds is 4. The number of anilines is 1. The standard InChI is InChI=1S/C18H17F4N3O2/c19-14-2-4-15(5-3-14)24-7-9-25(10-8-24)17(26)13-1-6-16(23-11-13)27-12-18(20,21)22/h1-6,11H,7-10,12H2. The highest BCUT2D eigenvalue weighted by Gasteiger charge is 2.29. The first-order valence-electron chi connectivity index (χ1n) is 8.27. The number of pyridine rings is 1. The number of piperazine rings is 1. The molecule has 1 aromatic carbocycles. The van der Waals surface area contributed by atoms with Gasteiger partial charge in [-0.15, -0.1) is 0 Å². The molecule has 0 spiro atoms. The van der Waals surface area contributed by atoms with E-state index < -0.39 is 12.8 Å². The lowest BCUT2D eigenvalue weighted by Crippen LogP contribution is -2.48. The number of aromatic nitrogens is 1. The molecule has 0 bridgehead atoms. The van der Waals surface area contributed by atoms with Gasteiger partial charge in [0.25, 0.3) is 5.91 Å². The smallest absolute Gasteiger partial charge is 0.422 e. The van der Waals surface area contributed by atoms with Crippen molar-refractivity contribution in [3.8, 4) is 5.88 Å². The summed E-state index contributed by atoms with van der Waals surface area (Å²) >= 11 is 0. The molecule has 2 heterocycles. The van der Waals surface area contributed by atoms with Crippen LogP contribution in [-0.2, 0) is 0 Å². The molecule has 2 aromatic rings. The second kappa shape index (κ2) is 7.81. The zero-order valence-electron chi connectivity index (χ0n) is 14.2. The quantitative estimate of drug-likeness (QED) is 0.761. The molecule has 9 heteroatoms. The van der Waals surface area contributed by atoms with Crippen molar-refractivity contribution >= 4 is 11.6 Å². The van der Waals surface area contributed by atoms with E-state index in [2.05, 4.69) is 14.6 Å². The highest BCUT2D eigenvalue weighted by molar-refractivity contribution is 5.94. The molecule has 0 radical (unpaired) electrons. The van der Waals surface area contributed by atoms with Crippen LogP contribution in [0.25, 0.3) is 0 Å². The van der Waals surface area contributed by atoms with Gasteiger partial charge in [-0.2, -0.15) is 13.2 Å². The molecule has 0 saturated carbocycles. The fourth-order valence-corrected chi connectivity index (χ4v) is 2.75. The molecule has 1 aromatic heterocycles. The summed E-state index contributed by atoms with van der Waals surface area (Å²) < 4.78 is 53.9. The van der Waals surface area contributed by atoms with Crippen LogP contribution in [-0.4, -0.2) is 54.8 Å². The lowest BCUT2D eigenvalue weighted by molar-refractivity contribution is -0.154. The molecule has 0 aliphatic carbocycles. The predicted molar refractivity (Wildman–Crippen MR) is 90.3 cm³/mol. The molecule has 1 fully saturated rings. The first kappa shape index (κ1) is 18.9. The van der Waals surface area contributed by atoms with E-state index >= 15 is 0 Å². The first-order valence-corrected chi connectivity index (χ1v) is 8.27. The summed E-state index contributed by atoms with van der Waals surface area (Å²) in [5, 5.41) is 0. The largest absolute Gasteiger partial charge is 0.468 e. The molecule has 0 atom stereocenters. The van der Waals surface area contributed by atoms with Gasteiger partial charge in [0.05, 0.1) is 5.56 Å². The molecule has 27 heavy (non-hydrogen) atoms. The van der Waals surface area contributed by atoms with Gasteiger partial charge in [0.2, 0.25) is 5.88 Å². The van der Waals surface area contributed by atoms with Crippen molar-refractivity contribution in [1.82, 2.24) is 9.88 Å². The normalized spacial score (nSPS) is 15.0. The number of carbonyl (C=O) groups is 1. The minimum absolute atomic E-state index is 0.190. The molecule has 0 unspecified atom stereocenters. The summed E-state index contributed by atoms with van der Waals surface area (Å²) in [5.74, 6) is -0.739. The maximum absolute atomic E-state index is 13.0. The van der Waals surface area contributed by atoms with Crippen LogP contribution in [0.2, 0.25) is 0 Å². The fraction of sp³-hybridized carbons (Fsp3) is 0.333. The number of carbonyl (C=O) groups excluding carboxylic acids is 1.